The molecule has 136 valence electrons. The van der Waals surface area contributed by atoms with Gasteiger partial charge in [-0.2, -0.15) is 0 Å². The van der Waals surface area contributed by atoms with Gasteiger partial charge in [0, 0.05) is 11.0 Å². The number of rotatable bonds is 7. The Bertz CT molecular complexity index is 714. The number of ether oxygens (including phenoxy) is 1. The number of amides is 1. The van der Waals surface area contributed by atoms with Gasteiger partial charge in [-0.3, -0.25) is 4.79 Å². The van der Waals surface area contributed by atoms with Crippen molar-refractivity contribution in [2.75, 3.05) is 6.61 Å². The number of nitrogens with zero attached hydrogens (tertiary/aromatic N) is 3. The third-order valence-corrected chi connectivity index (χ3v) is 4.91. The first kappa shape index (κ1) is 18.1. The van der Waals surface area contributed by atoms with Crippen LogP contribution in [-0.2, 0) is 4.79 Å². The summed E-state index contributed by atoms with van der Waals surface area (Å²) in [5.74, 6) is 0.709. The van der Waals surface area contributed by atoms with Crippen molar-refractivity contribution in [2.24, 2.45) is 11.0 Å². The summed E-state index contributed by atoms with van der Waals surface area (Å²) >= 11 is 0. The Hall–Kier alpha value is -2.72. The minimum atomic E-state index is -0.249. The van der Waals surface area contributed by atoms with Crippen LogP contribution in [0.2, 0.25) is 0 Å². The van der Waals surface area contributed by atoms with E-state index in [0.29, 0.717) is 11.8 Å². The van der Waals surface area contributed by atoms with Gasteiger partial charge in [-0.05, 0) is 48.4 Å². The summed E-state index contributed by atoms with van der Waals surface area (Å²) in [5, 5.41) is 6.98. The Morgan fingerprint density at radius 3 is 2.69 bits per heavy atom. The van der Waals surface area contributed by atoms with E-state index >= 15 is 0 Å². The van der Waals surface area contributed by atoms with Gasteiger partial charge in [0.1, 0.15) is 5.75 Å². The van der Waals surface area contributed by atoms with E-state index in [0.717, 1.165) is 24.8 Å². The molecule has 3 rings (SSSR count). The van der Waals surface area contributed by atoms with E-state index in [-0.39, 0.29) is 24.5 Å². The Balaban J connectivity index is 1.56. The van der Waals surface area contributed by atoms with Crippen molar-refractivity contribution in [3.63, 3.8) is 0 Å². The van der Waals surface area contributed by atoms with Gasteiger partial charge in [0.25, 0.3) is 5.91 Å². The first-order chi connectivity index (χ1) is 12.8. The summed E-state index contributed by atoms with van der Waals surface area (Å²) in [6.07, 6.45) is 13.5. The minimum absolute atomic E-state index is 0.0196. The Morgan fingerprint density at radius 2 is 2.04 bits per heavy atom. The quantitative estimate of drug-likeness (QED) is 0.441. The van der Waals surface area contributed by atoms with Crippen LogP contribution in [0.3, 0.4) is 0 Å². The lowest BCUT2D eigenvalue weighted by atomic mass is 9.88. The highest BCUT2D eigenvalue weighted by Crippen LogP contribution is 2.32. The van der Waals surface area contributed by atoms with Crippen LogP contribution in [0.15, 0.2) is 53.7 Å². The van der Waals surface area contributed by atoms with Crippen LogP contribution in [0.4, 0.5) is 0 Å². The standard InChI is InChI=1S/C20H24N4O2/c21-24-23-20(15-6-2-1-3-7-15)16-10-12-18(13-11-16)26-14-19(25)22-17-8-4-5-9-17/h1-3,6,10-13,15,17,20H,4-5,7-9,14H2,(H,22,25). The third kappa shape index (κ3) is 4.90. The molecule has 0 aromatic heterocycles. The molecule has 1 saturated carbocycles. The first-order valence-corrected chi connectivity index (χ1v) is 9.16. The summed E-state index contributed by atoms with van der Waals surface area (Å²) in [6.45, 7) is 0.0196. The van der Waals surface area contributed by atoms with Crippen LogP contribution in [0.5, 0.6) is 5.75 Å². The maximum absolute atomic E-state index is 11.9. The molecule has 2 aliphatic carbocycles. The smallest absolute Gasteiger partial charge is 0.258 e. The summed E-state index contributed by atoms with van der Waals surface area (Å²) in [7, 11) is 0. The molecule has 1 aromatic carbocycles. The monoisotopic (exact) mass is 352 g/mol. The maximum Gasteiger partial charge on any atom is 0.258 e. The van der Waals surface area contributed by atoms with Gasteiger partial charge in [0.15, 0.2) is 6.61 Å². The van der Waals surface area contributed by atoms with E-state index in [4.69, 9.17) is 10.3 Å². The summed E-state index contributed by atoms with van der Waals surface area (Å²) in [4.78, 5) is 14.9. The number of carbonyl (C=O) groups is 1. The average Bonchev–Trinajstić information content (AvgIpc) is 3.19. The molecule has 6 nitrogen and oxygen atoms in total. The Kier molecular flexibility index (Phi) is 6.34. The molecule has 0 bridgehead atoms. The molecule has 1 fully saturated rings. The molecule has 0 spiro atoms. The van der Waals surface area contributed by atoms with Crippen molar-refractivity contribution in [1.29, 1.82) is 0 Å². The van der Waals surface area contributed by atoms with Crippen LogP contribution in [-0.4, -0.2) is 18.6 Å². The molecule has 0 aliphatic heterocycles. The van der Waals surface area contributed by atoms with Crippen LogP contribution in [0.1, 0.15) is 43.7 Å². The molecule has 1 amide bonds. The fraction of sp³-hybridized carbons (Fsp3) is 0.450. The van der Waals surface area contributed by atoms with Crippen molar-refractivity contribution in [2.45, 2.75) is 44.2 Å². The number of allylic oxidation sites excluding steroid dienone is 3. The van der Waals surface area contributed by atoms with Crippen LogP contribution < -0.4 is 10.1 Å². The number of hydrogen-bond acceptors (Lipinski definition) is 3. The number of azide groups is 1. The van der Waals surface area contributed by atoms with Crippen molar-refractivity contribution in [1.82, 2.24) is 5.32 Å². The lowest BCUT2D eigenvalue weighted by Gasteiger charge is -2.21. The number of hydrogen-bond donors (Lipinski definition) is 1. The second kappa shape index (κ2) is 9.11. The van der Waals surface area contributed by atoms with Gasteiger partial charge in [-0.1, -0.05) is 54.4 Å². The van der Waals surface area contributed by atoms with E-state index in [1.807, 2.05) is 36.4 Å². The molecule has 0 heterocycles. The molecule has 2 unspecified atom stereocenters. The van der Waals surface area contributed by atoms with Crippen molar-refractivity contribution >= 4 is 5.91 Å². The molecule has 1 N–H and O–H groups in total. The highest BCUT2D eigenvalue weighted by molar-refractivity contribution is 5.77. The van der Waals surface area contributed by atoms with Gasteiger partial charge < -0.3 is 10.1 Å². The summed E-state index contributed by atoms with van der Waals surface area (Å²) in [6, 6.07) is 7.49. The molecule has 0 saturated heterocycles. The van der Waals surface area contributed by atoms with Gasteiger partial charge in [-0.15, -0.1) is 0 Å². The van der Waals surface area contributed by atoms with Crippen LogP contribution in [0.25, 0.3) is 10.4 Å². The average molecular weight is 352 g/mol. The zero-order valence-corrected chi connectivity index (χ0v) is 14.8. The SMILES string of the molecule is [N-]=[N+]=NC(c1ccc(OCC(=O)NC2CCCC2)cc1)C1C=CC=CC1. The summed E-state index contributed by atoms with van der Waals surface area (Å²) in [5.41, 5.74) is 9.83. The lowest BCUT2D eigenvalue weighted by molar-refractivity contribution is -0.123. The van der Waals surface area contributed by atoms with E-state index in [9.17, 15) is 4.79 Å². The Morgan fingerprint density at radius 1 is 1.27 bits per heavy atom. The number of carbonyl (C=O) groups excluding carboxylic acids is 1. The molecule has 26 heavy (non-hydrogen) atoms. The molecule has 1 aromatic rings. The van der Waals surface area contributed by atoms with E-state index in [2.05, 4.69) is 27.5 Å². The maximum atomic E-state index is 11.9. The fourth-order valence-corrected chi connectivity index (χ4v) is 3.54. The van der Waals surface area contributed by atoms with Crippen molar-refractivity contribution in [3.8, 4) is 5.75 Å². The van der Waals surface area contributed by atoms with E-state index in [1.165, 1.54) is 12.8 Å². The topological polar surface area (TPSA) is 87.1 Å². The number of nitrogens with one attached hydrogen (secondary N) is 1. The zero-order valence-electron chi connectivity index (χ0n) is 14.8. The molecule has 2 aliphatic rings. The van der Waals surface area contributed by atoms with Crippen LogP contribution >= 0.6 is 0 Å². The van der Waals surface area contributed by atoms with Crippen molar-refractivity contribution < 1.29 is 9.53 Å². The predicted molar refractivity (Wildman–Crippen MR) is 101 cm³/mol. The molecule has 6 heteroatoms. The highest BCUT2D eigenvalue weighted by atomic mass is 16.5. The van der Waals surface area contributed by atoms with Gasteiger partial charge >= 0.3 is 0 Å². The van der Waals surface area contributed by atoms with E-state index < -0.39 is 0 Å². The van der Waals surface area contributed by atoms with Gasteiger partial charge in [0.2, 0.25) is 0 Å². The van der Waals surface area contributed by atoms with Crippen LogP contribution in [0, 0.1) is 5.92 Å². The third-order valence-electron chi connectivity index (χ3n) is 4.91. The molecular weight excluding hydrogens is 328 g/mol. The van der Waals surface area contributed by atoms with Crippen molar-refractivity contribution in [3.05, 3.63) is 64.6 Å². The predicted octanol–water partition coefficient (Wildman–Crippen LogP) is 4.61. The second-order valence-corrected chi connectivity index (χ2v) is 6.77. The van der Waals surface area contributed by atoms with Gasteiger partial charge in [0.05, 0.1) is 6.04 Å². The Labute approximate surface area is 153 Å². The molecule has 0 radical (unpaired) electrons. The fourth-order valence-electron chi connectivity index (χ4n) is 3.54. The van der Waals surface area contributed by atoms with Gasteiger partial charge in [-0.25, -0.2) is 0 Å². The number of benzene rings is 1. The highest BCUT2D eigenvalue weighted by Gasteiger charge is 2.20. The molecule has 2 atom stereocenters. The lowest BCUT2D eigenvalue weighted by Crippen LogP contribution is -2.36. The largest absolute Gasteiger partial charge is 0.484 e. The first-order valence-electron chi connectivity index (χ1n) is 9.16. The minimum Gasteiger partial charge on any atom is -0.484 e. The second-order valence-electron chi connectivity index (χ2n) is 6.77. The summed E-state index contributed by atoms with van der Waals surface area (Å²) < 4.78 is 5.58. The molecular formula is C20H24N4O2. The zero-order chi connectivity index (χ0) is 18.2. The van der Waals surface area contributed by atoms with E-state index in [1.54, 1.807) is 0 Å². The normalized spacial score (nSPS) is 20.4.